The molecule has 21 nitrogen and oxygen atoms in total. The van der Waals surface area contributed by atoms with Gasteiger partial charge in [0.05, 0.1) is 19.5 Å². The second-order valence-corrected chi connectivity index (χ2v) is 11.3. The van der Waals surface area contributed by atoms with Gasteiger partial charge in [0, 0.05) is 0 Å². The molecule has 2 saturated heterocycles. The van der Waals surface area contributed by atoms with Gasteiger partial charge in [0.2, 0.25) is 5.95 Å². The first-order chi connectivity index (χ1) is 18.1. The van der Waals surface area contributed by atoms with Crippen molar-refractivity contribution in [2.24, 2.45) is 0 Å². The summed E-state index contributed by atoms with van der Waals surface area (Å²) in [5, 5.41) is 59.1. The van der Waals surface area contributed by atoms with Gasteiger partial charge in [-0.05, 0) is 0 Å². The second kappa shape index (κ2) is 15.3. The van der Waals surface area contributed by atoms with Gasteiger partial charge in [-0.1, -0.05) is 0 Å². The van der Waals surface area contributed by atoms with E-state index in [1.807, 2.05) is 0 Å². The first kappa shape index (κ1) is 38.5. The number of fused-ring (bicyclic) bond motifs is 1. The van der Waals surface area contributed by atoms with E-state index in [1.54, 1.807) is 0 Å². The van der Waals surface area contributed by atoms with Gasteiger partial charge in [-0.25, -0.2) is 9.29 Å². The number of hydrogen-bond acceptors (Lipinski definition) is 19. The first-order valence-electron chi connectivity index (χ1n) is 10.8. The van der Waals surface area contributed by atoms with E-state index < -0.39 is 89.7 Å². The summed E-state index contributed by atoms with van der Waals surface area (Å²) in [4.78, 5) is 46.1. The molecule has 2 aromatic heterocycles. The zero-order valence-corrected chi connectivity index (χ0v) is 29.3. The van der Waals surface area contributed by atoms with Crippen molar-refractivity contribution in [2.45, 2.75) is 55.2 Å². The number of hydrogen-bond donors (Lipinski definition) is 8. The monoisotopic (exact) mass is 681 g/mol. The number of aromatic nitrogens is 4. The molecule has 0 aromatic carbocycles. The quantitative estimate of drug-likeness (QED) is 0.0899. The van der Waals surface area contributed by atoms with E-state index in [9.17, 15) is 49.2 Å². The van der Waals surface area contributed by atoms with Crippen molar-refractivity contribution in [3.8, 4) is 0 Å². The van der Waals surface area contributed by atoms with Crippen LogP contribution >= 0.6 is 15.6 Å². The minimum absolute atomic E-state index is 0. The van der Waals surface area contributed by atoms with Gasteiger partial charge >= 0.3 is 103 Å². The van der Waals surface area contributed by atoms with Crippen LogP contribution < -0.4 is 124 Å². The van der Waals surface area contributed by atoms with Crippen molar-refractivity contribution in [3.05, 3.63) is 16.7 Å². The van der Waals surface area contributed by atoms with Crippen molar-refractivity contribution in [1.82, 2.24) is 19.5 Å². The van der Waals surface area contributed by atoms with E-state index in [2.05, 4.69) is 28.3 Å². The molecule has 0 bridgehead atoms. The second-order valence-electron chi connectivity index (χ2n) is 8.40. The number of nitrogen functional groups attached to an aromatic ring is 1. The van der Waals surface area contributed by atoms with Crippen LogP contribution in [0.25, 0.3) is 11.2 Å². The van der Waals surface area contributed by atoms with E-state index >= 15 is 0 Å². The fraction of sp³-hybridized carbons (Fsp3) is 0.688. The maximum absolute atomic E-state index is 12.1. The maximum Gasteiger partial charge on any atom is 1.00 e. The maximum atomic E-state index is 12.1. The molecule has 4 heterocycles. The summed E-state index contributed by atoms with van der Waals surface area (Å²) in [6, 6.07) is 0. The third-order valence-corrected chi connectivity index (χ3v) is 8.27. The molecule has 2 aliphatic rings. The Labute approximate surface area is 314 Å². The Hall–Kier alpha value is 1.36. The van der Waals surface area contributed by atoms with Crippen molar-refractivity contribution in [2.75, 3.05) is 18.9 Å². The van der Waals surface area contributed by atoms with E-state index in [4.69, 9.17) is 20.3 Å². The molecule has 0 amide bonds. The number of rotatable bonds is 9. The molecular weight excluding hydrogens is 658 g/mol. The van der Waals surface area contributed by atoms with Crippen LogP contribution in [0.5, 0.6) is 0 Å². The number of nitrogens with one attached hydrogen (secondary N) is 1. The summed E-state index contributed by atoms with van der Waals surface area (Å²) in [5.74, 6) is -0.292. The predicted octanol–water partition coefficient (Wildman–Crippen LogP) is -11.9. The van der Waals surface area contributed by atoms with Gasteiger partial charge in [0.15, 0.2) is 23.7 Å². The molecule has 2 fully saturated rings. The fourth-order valence-corrected chi connectivity index (χ4v) is 5.92. The summed E-state index contributed by atoms with van der Waals surface area (Å²) >= 11 is 0. The standard InChI is InChI=1S/C16H25N5O16P2.2K/c17-16-19-12-6(13(28)20-16)18-3-21(12)14-10(26)8(24)5(34-14)2-33-38(29,30)37-39(31,32)36-15-11(27)9(25)7(23)4(1-22)35-15;;/h3-5,7-11,14-15,22-27H,1-2H2,(H,29,30)(H,31,32)(H3,17,19,20,28);;/q;2*+1/p-2/t4-,5-,7-,8-,9+,10-,11+,14-,15-;;/m1../s1. The molecule has 11 atom stereocenters. The largest absolute Gasteiger partial charge is 1.00 e. The third-order valence-electron chi connectivity index (χ3n) is 5.74. The molecule has 220 valence electrons. The Morgan fingerprint density at radius 2 is 1.63 bits per heavy atom. The number of phosphoric ester groups is 2. The Morgan fingerprint density at radius 1 is 1.00 bits per heavy atom. The van der Waals surface area contributed by atoms with Crippen molar-refractivity contribution < 1.29 is 175 Å². The first-order valence-corrected chi connectivity index (χ1v) is 13.8. The summed E-state index contributed by atoms with van der Waals surface area (Å²) in [7, 11) is -11.7. The van der Waals surface area contributed by atoms with Gasteiger partial charge in [0.25, 0.3) is 21.2 Å². The van der Waals surface area contributed by atoms with Gasteiger partial charge < -0.3 is 60.2 Å². The fourth-order valence-electron chi connectivity index (χ4n) is 3.84. The minimum atomic E-state index is -5.91. The number of aliphatic hydroxyl groups is 6. The minimum Gasteiger partial charge on any atom is -0.756 e. The van der Waals surface area contributed by atoms with Crippen LogP contribution in [0.2, 0.25) is 0 Å². The Balaban J connectivity index is 0.00000294. The van der Waals surface area contributed by atoms with Crippen molar-refractivity contribution in [1.29, 1.82) is 0 Å². The van der Waals surface area contributed by atoms with Gasteiger partial charge in [-0.3, -0.25) is 28.0 Å². The molecule has 0 aliphatic carbocycles. The average molecular weight is 682 g/mol. The zero-order chi connectivity index (χ0) is 28.9. The number of imidazole rings is 1. The molecule has 4 rings (SSSR count). The molecule has 41 heavy (non-hydrogen) atoms. The molecular formula is C16H23K2N5O16P2. The van der Waals surface area contributed by atoms with Crippen molar-refractivity contribution in [3.63, 3.8) is 0 Å². The number of anilines is 1. The summed E-state index contributed by atoms with van der Waals surface area (Å²) in [5.41, 5.74) is 4.48. The zero-order valence-electron chi connectivity index (χ0n) is 21.3. The Kier molecular flexibility index (Phi) is 14.4. The molecule has 0 radical (unpaired) electrons. The normalized spacial score (nSPS) is 34.8. The van der Waals surface area contributed by atoms with E-state index in [1.165, 1.54) is 0 Å². The number of phosphoric acid groups is 2. The van der Waals surface area contributed by atoms with E-state index in [-0.39, 0.29) is 120 Å². The molecule has 0 spiro atoms. The van der Waals surface area contributed by atoms with Crippen LogP contribution in [0.1, 0.15) is 6.23 Å². The molecule has 25 heteroatoms. The van der Waals surface area contributed by atoms with E-state index in [0.29, 0.717) is 0 Å². The molecule has 2 unspecified atom stereocenters. The van der Waals surface area contributed by atoms with Crippen LogP contribution in [0, 0.1) is 0 Å². The van der Waals surface area contributed by atoms with Crippen LogP contribution in [0.3, 0.4) is 0 Å². The molecule has 2 aromatic rings. The Morgan fingerprint density at radius 3 is 2.27 bits per heavy atom. The van der Waals surface area contributed by atoms with Crippen LogP contribution in [0.15, 0.2) is 11.1 Å². The van der Waals surface area contributed by atoms with Gasteiger partial charge in [-0.15, -0.1) is 0 Å². The van der Waals surface area contributed by atoms with Crippen molar-refractivity contribution >= 4 is 32.8 Å². The van der Waals surface area contributed by atoms with Crippen LogP contribution in [-0.2, 0) is 32.0 Å². The summed E-state index contributed by atoms with van der Waals surface area (Å²) in [6.45, 7) is -2.01. The Bertz CT molecular complexity index is 1350. The number of H-pyrrole nitrogens is 1. The summed E-state index contributed by atoms with van der Waals surface area (Å²) < 4.78 is 48.1. The van der Waals surface area contributed by atoms with Crippen LogP contribution in [-0.4, -0.2) is 112 Å². The molecule has 9 N–H and O–H groups in total. The van der Waals surface area contributed by atoms with E-state index in [0.717, 1.165) is 10.9 Å². The number of aliphatic hydroxyl groups excluding tert-OH is 6. The van der Waals surface area contributed by atoms with Crippen LogP contribution in [0.4, 0.5) is 5.95 Å². The predicted molar refractivity (Wildman–Crippen MR) is 116 cm³/mol. The number of aromatic amines is 1. The smallest absolute Gasteiger partial charge is 0.756 e. The molecule has 0 saturated carbocycles. The number of nitrogens with zero attached hydrogens (tertiary/aromatic N) is 3. The van der Waals surface area contributed by atoms with Gasteiger partial charge in [-0.2, -0.15) is 4.98 Å². The van der Waals surface area contributed by atoms with Gasteiger partial charge in [0.1, 0.15) is 42.7 Å². The molecule has 2 aliphatic heterocycles. The summed E-state index contributed by atoms with van der Waals surface area (Å²) in [6.07, 6.45) is -15.5. The number of ether oxygens (including phenoxy) is 2. The topological polar surface area (TPSA) is 337 Å². The average Bonchev–Trinajstić information content (AvgIpc) is 3.38. The third kappa shape index (κ3) is 8.80. The SMILES string of the molecule is Nc1nc2c(ncn2[C@@H]2O[C@H](COP(=O)([O-])OP(=O)([O-])O[C@H]3O[C@H](CO)[C@@H](O)[C@H](O)[C@@H]3O)[C@@H](O)[C@H]2O)c(=O)[nH]1.[K+].[K+]. The number of nitrogens with two attached hydrogens (primary N) is 1.